The van der Waals surface area contributed by atoms with Gasteiger partial charge in [-0.1, -0.05) is 5.16 Å². The fourth-order valence-corrected chi connectivity index (χ4v) is 3.10. The van der Waals surface area contributed by atoms with Gasteiger partial charge in [-0.2, -0.15) is 5.10 Å². The van der Waals surface area contributed by atoms with E-state index in [0.717, 1.165) is 41.8 Å². The molecule has 1 aliphatic heterocycles. The number of carbonyl (C=O) groups is 1. The summed E-state index contributed by atoms with van der Waals surface area (Å²) in [5.41, 5.74) is 2.93. The van der Waals surface area contributed by atoms with E-state index in [9.17, 15) is 4.79 Å². The molecule has 2 aromatic rings. The molecule has 142 valence electrons. The number of ether oxygens (including phenoxy) is 2. The molecule has 0 bridgehead atoms. The third-order valence-electron chi connectivity index (χ3n) is 4.69. The van der Waals surface area contributed by atoms with E-state index in [0.29, 0.717) is 26.2 Å². The molecule has 0 spiro atoms. The zero-order valence-electron chi connectivity index (χ0n) is 15.3. The Morgan fingerprint density at radius 2 is 2.35 bits per heavy atom. The van der Waals surface area contributed by atoms with Crippen molar-refractivity contribution in [3.05, 3.63) is 35.0 Å². The molecule has 26 heavy (non-hydrogen) atoms. The van der Waals surface area contributed by atoms with Crippen LogP contribution in [0.4, 0.5) is 0 Å². The van der Waals surface area contributed by atoms with Crippen LogP contribution < -0.4 is 5.32 Å². The number of aryl methyl sites for hydroxylation is 3. The van der Waals surface area contributed by atoms with E-state index in [-0.39, 0.29) is 18.1 Å². The van der Waals surface area contributed by atoms with Crippen LogP contribution >= 0.6 is 0 Å². The number of carbonyl (C=O) groups excluding carboxylic acids is 1. The lowest BCUT2D eigenvalue weighted by Gasteiger charge is -2.32. The first-order valence-electron chi connectivity index (χ1n) is 9.01. The molecule has 0 aliphatic carbocycles. The summed E-state index contributed by atoms with van der Waals surface area (Å²) in [4.78, 5) is 12.3. The van der Waals surface area contributed by atoms with Gasteiger partial charge in [-0.3, -0.25) is 9.89 Å². The second kappa shape index (κ2) is 8.95. The van der Waals surface area contributed by atoms with E-state index < -0.39 is 0 Å². The summed E-state index contributed by atoms with van der Waals surface area (Å²) >= 11 is 0. The molecule has 0 aromatic carbocycles. The molecule has 0 unspecified atom stereocenters. The Balaban J connectivity index is 1.46. The predicted molar refractivity (Wildman–Crippen MR) is 93.4 cm³/mol. The summed E-state index contributed by atoms with van der Waals surface area (Å²) in [5.74, 6) is 0.796. The number of H-pyrrole nitrogens is 1. The molecule has 2 atom stereocenters. The van der Waals surface area contributed by atoms with Gasteiger partial charge < -0.3 is 19.3 Å². The fourth-order valence-electron chi connectivity index (χ4n) is 3.10. The van der Waals surface area contributed by atoms with Gasteiger partial charge in [0.2, 0.25) is 5.91 Å². The van der Waals surface area contributed by atoms with Crippen LogP contribution in [0.5, 0.6) is 0 Å². The van der Waals surface area contributed by atoms with Crippen molar-refractivity contribution in [3.63, 3.8) is 0 Å². The van der Waals surface area contributed by atoms with Gasteiger partial charge in [0, 0.05) is 24.8 Å². The van der Waals surface area contributed by atoms with Gasteiger partial charge in [-0.15, -0.1) is 0 Å². The summed E-state index contributed by atoms with van der Waals surface area (Å²) in [6.45, 7) is 5.32. The molecular formula is C18H26N4O4. The molecule has 1 aliphatic rings. The normalized spacial score (nSPS) is 20.2. The van der Waals surface area contributed by atoms with Gasteiger partial charge in [0.15, 0.2) is 0 Å². The third-order valence-corrected chi connectivity index (χ3v) is 4.69. The SMILES string of the molecule is Cc1noc(C)c1CO[C@@H]1CCOC[C@@H]1NC(=O)CCCc1cn[nH]c1. The minimum Gasteiger partial charge on any atom is -0.379 e. The molecule has 0 radical (unpaired) electrons. The quantitative estimate of drug-likeness (QED) is 0.743. The van der Waals surface area contributed by atoms with E-state index in [1.807, 2.05) is 20.0 Å². The van der Waals surface area contributed by atoms with Crippen LogP contribution in [0.1, 0.15) is 41.8 Å². The smallest absolute Gasteiger partial charge is 0.220 e. The summed E-state index contributed by atoms with van der Waals surface area (Å²) in [6.07, 6.45) is 6.40. The van der Waals surface area contributed by atoms with Crippen molar-refractivity contribution in [2.24, 2.45) is 0 Å². The van der Waals surface area contributed by atoms with Crippen LogP contribution in [0, 0.1) is 13.8 Å². The van der Waals surface area contributed by atoms with E-state index >= 15 is 0 Å². The molecule has 0 saturated carbocycles. The van der Waals surface area contributed by atoms with E-state index in [4.69, 9.17) is 14.0 Å². The Bertz CT molecular complexity index is 679. The highest BCUT2D eigenvalue weighted by Gasteiger charge is 2.28. The average Bonchev–Trinajstić information content (AvgIpc) is 3.25. The minimum atomic E-state index is -0.134. The zero-order chi connectivity index (χ0) is 18.4. The molecule has 3 rings (SSSR count). The molecule has 8 heteroatoms. The lowest BCUT2D eigenvalue weighted by Crippen LogP contribution is -2.50. The van der Waals surface area contributed by atoms with Crippen LogP contribution in [0.2, 0.25) is 0 Å². The minimum absolute atomic E-state index is 0.0231. The molecule has 1 saturated heterocycles. The fraction of sp³-hybridized carbons (Fsp3) is 0.611. The molecule has 3 heterocycles. The molecule has 1 amide bonds. The van der Waals surface area contributed by atoms with Gasteiger partial charge >= 0.3 is 0 Å². The first-order chi connectivity index (χ1) is 12.6. The lowest BCUT2D eigenvalue weighted by molar-refractivity contribution is -0.126. The summed E-state index contributed by atoms with van der Waals surface area (Å²) in [5, 5.41) is 13.7. The molecular weight excluding hydrogens is 336 g/mol. The number of nitrogens with one attached hydrogen (secondary N) is 2. The predicted octanol–water partition coefficient (Wildman–Crippen LogP) is 1.83. The van der Waals surface area contributed by atoms with Gasteiger partial charge in [-0.05, 0) is 38.7 Å². The Labute approximate surface area is 152 Å². The van der Waals surface area contributed by atoms with Crippen LogP contribution in [0.25, 0.3) is 0 Å². The van der Waals surface area contributed by atoms with Crippen LogP contribution in [0.3, 0.4) is 0 Å². The van der Waals surface area contributed by atoms with Crippen molar-refractivity contribution < 1.29 is 18.8 Å². The number of rotatable bonds is 8. The van der Waals surface area contributed by atoms with E-state index in [1.165, 1.54) is 0 Å². The van der Waals surface area contributed by atoms with Crippen molar-refractivity contribution in [2.45, 2.75) is 58.3 Å². The maximum atomic E-state index is 12.3. The molecule has 2 aromatic heterocycles. The van der Waals surface area contributed by atoms with Crippen LogP contribution in [0.15, 0.2) is 16.9 Å². The first kappa shape index (κ1) is 18.6. The number of nitrogens with zero attached hydrogens (tertiary/aromatic N) is 2. The Hall–Kier alpha value is -2.19. The Morgan fingerprint density at radius 1 is 1.46 bits per heavy atom. The number of amides is 1. The third kappa shape index (κ3) is 4.92. The molecule has 1 fully saturated rings. The molecule has 8 nitrogen and oxygen atoms in total. The Kier molecular flexibility index (Phi) is 6.40. The first-order valence-corrected chi connectivity index (χ1v) is 9.01. The van der Waals surface area contributed by atoms with Crippen molar-refractivity contribution in [1.29, 1.82) is 0 Å². The van der Waals surface area contributed by atoms with Gasteiger partial charge in [0.05, 0.1) is 37.3 Å². The van der Waals surface area contributed by atoms with Crippen LogP contribution in [-0.2, 0) is 27.3 Å². The van der Waals surface area contributed by atoms with Crippen molar-refractivity contribution in [3.8, 4) is 0 Å². The van der Waals surface area contributed by atoms with Gasteiger partial charge in [0.1, 0.15) is 5.76 Å². The number of hydrogen-bond acceptors (Lipinski definition) is 6. The largest absolute Gasteiger partial charge is 0.379 e. The van der Waals surface area contributed by atoms with Crippen LogP contribution in [-0.4, -0.2) is 46.6 Å². The van der Waals surface area contributed by atoms with Crippen molar-refractivity contribution in [2.75, 3.05) is 13.2 Å². The highest BCUT2D eigenvalue weighted by atomic mass is 16.5. The number of hydrogen-bond donors (Lipinski definition) is 2. The second-order valence-corrected chi connectivity index (χ2v) is 6.65. The Morgan fingerprint density at radius 3 is 3.08 bits per heavy atom. The van der Waals surface area contributed by atoms with Crippen molar-refractivity contribution >= 4 is 5.91 Å². The summed E-state index contributed by atoms with van der Waals surface area (Å²) in [7, 11) is 0. The lowest BCUT2D eigenvalue weighted by atomic mass is 10.1. The average molecular weight is 362 g/mol. The summed E-state index contributed by atoms with van der Waals surface area (Å²) < 4.78 is 16.8. The maximum Gasteiger partial charge on any atom is 0.220 e. The van der Waals surface area contributed by atoms with Gasteiger partial charge in [0.25, 0.3) is 0 Å². The maximum absolute atomic E-state index is 12.3. The second-order valence-electron chi connectivity index (χ2n) is 6.65. The number of aromatic nitrogens is 3. The standard InChI is InChI=1S/C18H26N4O4/c1-12-15(13(2)26-22-12)10-25-17-6-7-24-11-16(17)21-18(23)5-3-4-14-8-19-20-9-14/h8-9,16-17H,3-7,10-11H2,1-2H3,(H,19,20)(H,21,23)/t16-,17+/m0/s1. The van der Waals surface area contributed by atoms with Gasteiger partial charge in [-0.25, -0.2) is 0 Å². The topological polar surface area (TPSA) is 102 Å². The molecule has 2 N–H and O–H groups in total. The summed E-state index contributed by atoms with van der Waals surface area (Å²) in [6, 6.07) is -0.134. The van der Waals surface area contributed by atoms with Crippen molar-refractivity contribution in [1.82, 2.24) is 20.7 Å². The number of aromatic amines is 1. The zero-order valence-corrected chi connectivity index (χ0v) is 15.3. The monoisotopic (exact) mass is 362 g/mol. The highest BCUT2D eigenvalue weighted by Crippen LogP contribution is 2.18. The highest BCUT2D eigenvalue weighted by molar-refractivity contribution is 5.76. The van der Waals surface area contributed by atoms with E-state index in [2.05, 4.69) is 20.7 Å². The van der Waals surface area contributed by atoms with E-state index in [1.54, 1.807) is 6.20 Å².